The molecule has 6 nitrogen and oxygen atoms in total. The van der Waals surface area contributed by atoms with Gasteiger partial charge in [-0.05, 0) is 38.0 Å². The molecule has 1 aromatic heterocycles. The molecule has 1 N–H and O–H groups in total. The van der Waals surface area contributed by atoms with E-state index in [-0.39, 0.29) is 29.0 Å². The first-order chi connectivity index (χ1) is 12.2. The van der Waals surface area contributed by atoms with Crippen LogP contribution < -0.4 is 0 Å². The fourth-order valence-electron chi connectivity index (χ4n) is 3.13. The van der Waals surface area contributed by atoms with Gasteiger partial charge in [-0.15, -0.1) is 0 Å². The van der Waals surface area contributed by atoms with Crippen molar-refractivity contribution in [3.63, 3.8) is 0 Å². The third-order valence-corrected chi connectivity index (χ3v) is 5.19. The lowest BCUT2D eigenvalue weighted by Gasteiger charge is -2.20. The average Bonchev–Trinajstić information content (AvgIpc) is 3.11. The molecule has 2 aromatic rings. The molecule has 0 unspecified atom stereocenters. The number of carbonyl (C=O) groups is 2. The van der Waals surface area contributed by atoms with Gasteiger partial charge in [0, 0.05) is 13.1 Å². The van der Waals surface area contributed by atoms with Crippen LogP contribution in [0.4, 0.5) is 4.39 Å². The fraction of sp³-hybridized carbons (Fsp3) is 0.389. The van der Waals surface area contributed by atoms with Gasteiger partial charge in [-0.2, -0.15) is 5.10 Å². The number of likely N-dealkylation sites (tertiary alicyclic amines) is 1. The Bertz CT molecular complexity index is 865. The van der Waals surface area contributed by atoms with Gasteiger partial charge in [-0.3, -0.25) is 9.59 Å². The van der Waals surface area contributed by atoms with Gasteiger partial charge in [0.05, 0.1) is 23.2 Å². The number of aliphatic carboxylic acids is 1. The van der Waals surface area contributed by atoms with E-state index in [0.717, 1.165) is 5.56 Å². The maximum Gasteiger partial charge on any atom is 0.311 e. The summed E-state index contributed by atoms with van der Waals surface area (Å²) >= 11 is 6.38. The van der Waals surface area contributed by atoms with Crippen molar-refractivity contribution < 1.29 is 19.1 Å². The maximum atomic E-state index is 13.0. The summed E-state index contributed by atoms with van der Waals surface area (Å²) in [6, 6.07) is 5.96. The summed E-state index contributed by atoms with van der Waals surface area (Å²) < 4.78 is 14.5. The molecular weight excluding hydrogens is 361 g/mol. The van der Waals surface area contributed by atoms with Crippen LogP contribution >= 0.6 is 11.6 Å². The van der Waals surface area contributed by atoms with E-state index in [1.54, 1.807) is 26.0 Å². The minimum absolute atomic E-state index is 0.139. The molecule has 0 aliphatic carbocycles. The minimum atomic E-state index is -0.944. The molecule has 8 heteroatoms. The number of aryl methyl sites for hydroxylation is 1. The molecule has 0 bridgehead atoms. The molecule has 138 valence electrons. The standard InChI is InChI=1S/C18H19ClFN3O3/c1-11-14(16(24)22-8-7-18(2,10-22)17(25)26)15(19)23(21-11)9-12-3-5-13(20)6-4-12/h3-6H,7-10H2,1-2H3,(H,25,26)/t18-/m0/s1. The number of nitrogens with zero attached hydrogens (tertiary/aromatic N) is 3. The van der Waals surface area contributed by atoms with Crippen LogP contribution in [0.3, 0.4) is 0 Å². The Balaban J connectivity index is 1.83. The molecule has 0 radical (unpaired) electrons. The zero-order valence-electron chi connectivity index (χ0n) is 14.5. The van der Waals surface area contributed by atoms with E-state index in [0.29, 0.717) is 25.2 Å². The second-order valence-corrected chi connectivity index (χ2v) is 7.24. The zero-order chi connectivity index (χ0) is 19.1. The molecule has 3 rings (SSSR count). The van der Waals surface area contributed by atoms with E-state index in [4.69, 9.17) is 11.6 Å². The molecule has 1 saturated heterocycles. The Hall–Kier alpha value is -2.41. The topological polar surface area (TPSA) is 75.4 Å². The number of aromatic nitrogens is 2. The van der Waals surface area contributed by atoms with E-state index in [1.165, 1.54) is 21.7 Å². The minimum Gasteiger partial charge on any atom is -0.481 e. The smallest absolute Gasteiger partial charge is 0.311 e. The highest BCUT2D eigenvalue weighted by Crippen LogP contribution is 2.32. The summed E-state index contributed by atoms with van der Waals surface area (Å²) in [6.07, 6.45) is 0.397. The summed E-state index contributed by atoms with van der Waals surface area (Å²) in [7, 11) is 0. The van der Waals surface area contributed by atoms with E-state index in [9.17, 15) is 19.1 Å². The number of hydrogen-bond acceptors (Lipinski definition) is 3. The van der Waals surface area contributed by atoms with Crippen LogP contribution in [0.2, 0.25) is 5.15 Å². The molecule has 0 saturated carbocycles. The highest BCUT2D eigenvalue weighted by Gasteiger charge is 2.43. The van der Waals surface area contributed by atoms with Crippen molar-refractivity contribution in [3.8, 4) is 0 Å². The molecule has 26 heavy (non-hydrogen) atoms. The predicted molar refractivity (Wildman–Crippen MR) is 93.7 cm³/mol. The SMILES string of the molecule is Cc1nn(Cc2ccc(F)cc2)c(Cl)c1C(=O)N1CC[C@](C)(C(=O)O)C1. The van der Waals surface area contributed by atoms with Crippen molar-refractivity contribution in [2.24, 2.45) is 5.41 Å². The quantitative estimate of drug-likeness (QED) is 0.886. The van der Waals surface area contributed by atoms with E-state index in [1.807, 2.05) is 0 Å². The van der Waals surface area contributed by atoms with Crippen LogP contribution in [0.5, 0.6) is 0 Å². The van der Waals surface area contributed by atoms with Gasteiger partial charge in [0.25, 0.3) is 5.91 Å². The number of carbonyl (C=O) groups excluding carboxylic acids is 1. The van der Waals surface area contributed by atoms with Crippen LogP contribution in [0.25, 0.3) is 0 Å². The van der Waals surface area contributed by atoms with E-state index >= 15 is 0 Å². The third kappa shape index (κ3) is 3.31. The fourth-order valence-corrected chi connectivity index (χ4v) is 3.45. The van der Waals surface area contributed by atoms with Crippen LogP contribution in [0.15, 0.2) is 24.3 Å². The molecule has 2 heterocycles. The number of benzene rings is 1. The normalized spacial score (nSPS) is 19.8. The van der Waals surface area contributed by atoms with Gasteiger partial charge in [-0.1, -0.05) is 23.7 Å². The van der Waals surface area contributed by atoms with Crippen molar-refractivity contribution in [1.29, 1.82) is 0 Å². The van der Waals surface area contributed by atoms with E-state index < -0.39 is 11.4 Å². The molecule has 0 spiro atoms. The summed E-state index contributed by atoms with van der Waals surface area (Å²) in [5, 5.41) is 13.8. The van der Waals surface area contributed by atoms with Gasteiger partial charge in [0.2, 0.25) is 0 Å². The lowest BCUT2D eigenvalue weighted by atomic mass is 9.90. The highest BCUT2D eigenvalue weighted by molar-refractivity contribution is 6.33. The van der Waals surface area contributed by atoms with Gasteiger partial charge in [0.15, 0.2) is 0 Å². The summed E-state index contributed by atoms with van der Waals surface area (Å²) in [6.45, 7) is 4.13. The van der Waals surface area contributed by atoms with Gasteiger partial charge in [-0.25, -0.2) is 9.07 Å². The lowest BCUT2D eigenvalue weighted by molar-refractivity contribution is -0.147. The molecule has 1 atom stereocenters. The Morgan fingerprint density at radius 3 is 2.58 bits per heavy atom. The largest absolute Gasteiger partial charge is 0.481 e. The Labute approximate surface area is 155 Å². The Kier molecular flexibility index (Phi) is 4.75. The van der Waals surface area contributed by atoms with Crippen LogP contribution in [-0.4, -0.2) is 44.8 Å². The second-order valence-electron chi connectivity index (χ2n) is 6.88. The molecule has 1 aliphatic rings. The van der Waals surface area contributed by atoms with Crippen LogP contribution in [0, 0.1) is 18.2 Å². The Morgan fingerprint density at radius 2 is 2.00 bits per heavy atom. The average molecular weight is 380 g/mol. The first-order valence-corrected chi connectivity index (χ1v) is 8.59. The molecular formula is C18H19ClFN3O3. The first kappa shape index (κ1) is 18.4. The number of halogens is 2. The van der Waals surface area contributed by atoms with Gasteiger partial charge in [0.1, 0.15) is 11.0 Å². The summed E-state index contributed by atoms with van der Waals surface area (Å²) in [4.78, 5) is 25.7. The highest BCUT2D eigenvalue weighted by atomic mass is 35.5. The van der Waals surface area contributed by atoms with Crippen molar-refractivity contribution in [1.82, 2.24) is 14.7 Å². The third-order valence-electron chi connectivity index (χ3n) is 4.80. The molecule has 1 aliphatic heterocycles. The number of carboxylic acids is 1. The zero-order valence-corrected chi connectivity index (χ0v) is 15.3. The number of carboxylic acid groups (broad SMARTS) is 1. The number of amides is 1. The van der Waals surface area contributed by atoms with Gasteiger partial charge < -0.3 is 10.0 Å². The first-order valence-electron chi connectivity index (χ1n) is 8.21. The molecule has 1 fully saturated rings. The predicted octanol–water partition coefficient (Wildman–Crippen LogP) is 2.97. The van der Waals surface area contributed by atoms with Crippen LogP contribution in [-0.2, 0) is 11.3 Å². The lowest BCUT2D eigenvalue weighted by Crippen LogP contribution is -2.35. The summed E-state index contributed by atoms with van der Waals surface area (Å²) in [5.74, 6) is -1.56. The second kappa shape index (κ2) is 6.72. The Morgan fingerprint density at radius 1 is 1.35 bits per heavy atom. The van der Waals surface area contributed by atoms with Gasteiger partial charge >= 0.3 is 5.97 Å². The molecule has 1 aromatic carbocycles. The van der Waals surface area contributed by atoms with Crippen molar-refractivity contribution in [3.05, 3.63) is 52.1 Å². The van der Waals surface area contributed by atoms with Crippen molar-refractivity contribution in [2.45, 2.75) is 26.8 Å². The van der Waals surface area contributed by atoms with Crippen LogP contribution in [0.1, 0.15) is 35.0 Å². The summed E-state index contributed by atoms with van der Waals surface area (Å²) in [5.41, 5.74) is 0.615. The number of rotatable bonds is 4. The maximum absolute atomic E-state index is 13.0. The van der Waals surface area contributed by atoms with E-state index in [2.05, 4.69) is 5.10 Å². The van der Waals surface area contributed by atoms with Crippen molar-refractivity contribution >= 4 is 23.5 Å². The molecule has 1 amide bonds. The monoisotopic (exact) mass is 379 g/mol. The van der Waals surface area contributed by atoms with Crippen molar-refractivity contribution in [2.75, 3.05) is 13.1 Å². The number of hydrogen-bond donors (Lipinski definition) is 1.